The van der Waals surface area contributed by atoms with Gasteiger partial charge in [0.2, 0.25) is 6.29 Å². The van der Waals surface area contributed by atoms with Gasteiger partial charge in [0.25, 0.3) is 0 Å². The summed E-state index contributed by atoms with van der Waals surface area (Å²) in [6.07, 6.45) is 0.866. The molecule has 68 valence electrons. The molecule has 13 heavy (non-hydrogen) atoms. The topological polar surface area (TPSA) is 68.0 Å². The quantitative estimate of drug-likeness (QED) is 0.631. The molecule has 1 heterocycles. The molecule has 0 radical (unpaired) electrons. The molecule has 0 bridgehead atoms. The third kappa shape index (κ3) is 2.78. The van der Waals surface area contributed by atoms with Gasteiger partial charge < -0.3 is 9.47 Å². The maximum Gasteiger partial charge on any atom is 0.247 e. The van der Waals surface area contributed by atoms with Crippen LogP contribution in [0, 0.1) is 11.3 Å². The molecule has 0 spiro atoms. The van der Waals surface area contributed by atoms with Crippen LogP contribution < -0.4 is 0 Å². The molecular weight excluding hydrogens is 170 g/mol. The Bertz CT molecular complexity index is 300. The van der Waals surface area contributed by atoms with E-state index in [0.717, 1.165) is 11.4 Å². The predicted octanol–water partition coefficient (Wildman–Crippen LogP) is 0.586. The number of imidazole rings is 1. The first-order valence-electron chi connectivity index (χ1n) is 3.59. The summed E-state index contributed by atoms with van der Waals surface area (Å²) >= 11 is 0. The van der Waals surface area contributed by atoms with Crippen LogP contribution in [0.5, 0.6) is 0 Å². The lowest BCUT2D eigenvalue weighted by Crippen LogP contribution is -2.08. The van der Waals surface area contributed by atoms with Gasteiger partial charge in [0.05, 0.1) is 11.4 Å². The van der Waals surface area contributed by atoms with E-state index in [1.807, 2.05) is 6.07 Å². The van der Waals surface area contributed by atoms with Gasteiger partial charge in [-0.3, -0.25) is 0 Å². The SMILES string of the molecule is COC(C#N)OC.c1nc2cc-2n1. The summed E-state index contributed by atoms with van der Waals surface area (Å²) in [5.41, 5.74) is 2.13. The lowest BCUT2D eigenvalue weighted by atomic mass is 10.7. The van der Waals surface area contributed by atoms with E-state index in [0.29, 0.717) is 0 Å². The average molecular weight is 179 g/mol. The second-order valence-electron chi connectivity index (χ2n) is 2.22. The van der Waals surface area contributed by atoms with E-state index in [1.165, 1.54) is 14.2 Å². The van der Waals surface area contributed by atoms with Crippen molar-refractivity contribution in [3.8, 4) is 17.5 Å². The van der Waals surface area contributed by atoms with Gasteiger partial charge in [-0.2, -0.15) is 5.26 Å². The molecule has 0 amide bonds. The van der Waals surface area contributed by atoms with Crippen molar-refractivity contribution < 1.29 is 9.47 Å². The number of fused-ring (bicyclic) bond motifs is 1. The number of rotatable bonds is 2. The minimum Gasteiger partial charge on any atom is -0.344 e. The smallest absolute Gasteiger partial charge is 0.247 e. The molecule has 1 aliphatic heterocycles. The summed E-state index contributed by atoms with van der Waals surface area (Å²) in [6, 6.07) is 3.70. The van der Waals surface area contributed by atoms with Crippen molar-refractivity contribution in [3.05, 3.63) is 12.4 Å². The lowest BCUT2D eigenvalue weighted by Gasteiger charge is -1.99. The second kappa shape index (κ2) is 4.50. The van der Waals surface area contributed by atoms with E-state index < -0.39 is 6.29 Å². The third-order valence-corrected chi connectivity index (χ3v) is 1.38. The first-order chi connectivity index (χ1) is 6.31. The second-order valence-corrected chi connectivity index (χ2v) is 2.22. The average Bonchev–Trinajstić information content (AvgIpc) is 2.78. The molecule has 0 saturated heterocycles. The van der Waals surface area contributed by atoms with Crippen molar-refractivity contribution in [1.29, 1.82) is 5.26 Å². The number of nitrogens with zero attached hydrogens (tertiary/aromatic N) is 3. The van der Waals surface area contributed by atoms with E-state index >= 15 is 0 Å². The molecule has 0 aromatic heterocycles. The fourth-order valence-corrected chi connectivity index (χ4v) is 0.655. The molecular formula is C8H9N3O2. The Kier molecular flexibility index (Phi) is 3.31. The van der Waals surface area contributed by atoms with E-state index in [2.05, 4.69) is 19.4 Å². The predicted molar refractivity (Wildman–Crippen MR) is 44.4 cm³/mol. The van der Waals surface area contributed by atoms with Crippen LogP contribution in [0.3, 0.4) is 0 Å². The highest BCUT2D eigenvalue weighted by atomic mass is 16.7. The van der Waals surface area contributed by atoms with Crippen molar-refractivity contribution >= 4 is 0 Å². The zero-order valence-electron chi connectivity index (χ0n) is 7.39. The number of methoxy groups -OCH3 is 2. The molecule has 5 heteroatoms. The molecule has 0 unspecified atom stereocenters. The summed E-state index contributed by atoms with van der Waals surface area (Å²) < 4.78 is 8.93. The summed E-state index contributed by atoms with van der Waals surface area (Å²) in [7, 11) is 2.83. The molecule has 0 aromatic rings. The molecule has 5 nitrogen and oxygen atoms in total. The summed E-state index contributed by atoms with van der Waals surface area (Å²) in [5, 5.41) is 8.03. The van der Waals surface area contributed by atoms with Gasteiger partial charge in [0, 0.05) is 14.2 Å². The van der Waals surface area contributed by atoms with Gasteiger partial charge >= 0.3 is 0 Å². The fourth-order valence-electron chi connectivity index (χ4n) is 0.655. The van der Waals surface area contributed by atoms with Crippen LogP contribution in [0.4, 0.5) is 0 Å². The van der Waals surface area contributed by atoms with Crippen molar-refractivity contribution in [3.63, 3.8) is 0 Å². The van der Waals surface area contributed by atoms with Crippen LogP contribution in [-0.2, 0) is 9.47 Å². The highest BCUT2D eigenvalue weighted by molar-refractivity contribution is 5.70. The Morgan fingerprint density at radius 3 is 1.92 bits per heavy atom. The normalized spacial score (nSPS) is 10.0. The van der Waals surface area contributed by atoms with Crippen LogP contribution in [0.25, 0.3) is 11.4 Å². The van der Waals surface area contributed by atoms with E-state index in [9.17, 15) is 0 Å². The maximum atomic E-state index is 8.03. The van der Waals surface area contributed by atoms with Crippen molar-refractivity contribution in [2.24, 2.45) is 0 Å². The van der Waals surface area contributed by atoms with Gasteiger partial charge in [-0.1, -0.05) is 0 Å². The van der Waals surface area contributed by atoms with Gasteiger partial charge in [0.1, 0.15) is 12.4 Å². The highest BCUT2D eigenvalue weighted by Gasteiger charge is 2.12. The molecule has 0 atom stereocenters. The molecule has 0 aromatic carbocycles. The molecule has 1 aliphatic carbocycles. The van der Waals surface area contributed by atoms with E-state index in [-0.39, 0.29) is 0 Å². The van der Waals surface area contributed by atoms with Crippen molar-refractivity contribution in [2.45, 2.75) is 6.29 Å². The Hall–Kier alpha value is -1.51. The van der Waals surface area contributed by atoms with Crippen LogP contribution in [-0.4, -0.2) is 30.5 Å². The molecule has 0 saturated carbocycles. The Morgan fingerprint density at radius 1 is 1.31 bits per heavy atom. The van der Waals surface area contributed by atoms with Crippen LogP contribution in [0.15, 0.2) is 12.4 Å². The summed E-state index contributed by atoms with van der Waals surface area (Å²) in [6.45, 7) is 0. The molecule has 2 rings (SSSR count). The lowest BCUT2D eigenvalue weighted by molar-refractivity contribution is -0.0609. The molecule has 2 aliphatic rings. The first-order valence-corrected chi connectivity index (χ1v) is 3.59. The highest BCUT2D eigenvalue weighted by Crippen LogP contribution is 2.25. The van der Waals surface area contributed by atoms with E-state index in [1.54, 1.807) is 12.4 Å². The number of hydrogen-bond donors (Lipinski definition) is 0. The Balaban J connectivity index is 0.000000130. The zero-order chi connectivity index (χ0) is 9.68. The summed E-state index contributed by atoms with van der Waals surface area (Å²) in [4.78, 5) is 7.69. The van der Waals surface area contributed by atoms with Crippen molar-refractivity contribution in [2.75, 3.05) is 14.2 Å². The van der Waals surface area contributed by atoms with Gasteiger partial charge in [-0.15, -0.1) is 0 Å². The minimum absolute atomic E-state index is 0.708. The Morgan fingerprint density at radius 2 is 1.85 bits per heavy atom. The maximum absolute atomic E-state index is 8.03. The third-order valence-electron chi connectivity index (χ3n) is 1.38. The van der Waals surface area contributed by atoms with Crippen molar-refractivity contribution in [1.82, 2.24) is 9.97 Å². The molecule has 0 fully saturated rings. The zero-order valence-corrected chi connectivity index (χ0v) is 7.39. The number of nitriles is 1. The van der Waals surface area contributed by atoms with Crippen LogP contribution in [0.1, 0.15) is 0 Å². The molecule has 0 N–H and O–H groups in total. The number of ether oxygens (including phenoxy) is 2. The number of aromatic nitrogens is 2. The standard InChI is InChI=1S/C4H2N2.C4H7NO2/c1-3-4(1)6-2-5-3;1-6-4(3-5)7-2/h1-2H;4H,1-2H3. The monoisotopic (exact) mass is 179 g/mol. The Labute approximate surface area is 76.0 Å². The fraction of sp³-hybridized carbons (Fsp3) is 0.375. The van der Waals surface area contributed by atoms with Gasteiger partial charge in [0.15, 0.2) is 0 Å². The largest absolute Gasteiger partial charge is 0.344 e. The summed E-state index contributed by atoms with van der Waals surface area (Å²) in [5.74, 6) is 0. The van der Waals surface area contributed by atoms with Gasteiger partial charge in [-0.25, -0.2) is 9.97 Å². The minimum atomic E-state index is -0.708. The van der Waals surface area contributed by atoms with Gasteiger partial charge in [-0.05, 0) is 6.07 Å². The van der Waals surface area contributed by atoms with Crippen LogP contribution >= 0.6 is 0 Å². The number of hydrogen-bond acceptors (Lipinski definition) is 5. The first kappa shape index (κ1) is 9.58. The van der Waals surface area contributed by atoms with Crippen LogP contribution in [0.2, 0.25) is 0 Å². The van der Waals surface area contributed by atoms with E-state index in [4.69, 9.17) is 5.26 Å².